The second kappa shape index (κ2) is 13.4. The van der Waals surface area contributed by atoms with Crippen LogP contribution in [0.15, 0.2) is 71.2 Å². The number of ketones is 1. The summed E-state index contributed by atoms with van der Waals surface area (Å²) >= 11 is 21.1. The number of hydrogen-bond donors (Lipinski definition) is 0. The molecule has 3 aromatic carbocycles. The van der Waals surface area contributed by atoms with E-state index >= 15 is 0 Å². The SMILES string of the molecule is O=C(CCCS(=O)Cc1ccccc1)c1ccc(/C=C/C(c2cc(Cl)c(Cl)c(Cl)c2)C(F)(F)F)cc1Br. The highest BCUT2D eigenvalue weighted by molar-refractivity contribution is 9.10. The molecule has 196 valence electrons. The fourth-order valence-corrected chi connectivity index (χ4v) is 6.00. The Kier molecular flexibility index (Phi) is 10.9. The third-order valence-electron chi connectivity index (χ3n) is 5.44. The van der Waals surface area contributed by atoms with Gasteiger partial charge in [-0.1, -0.05) is 99.3 Å². The van der Waals surface area contributed by atoms with Crippen LogP contribution < -0.4 is 0 Å². The Hall–Kier alpha value is -1.64. The van der Waals surface area contributed by atoms with Crippen molar-refractivity contribution in [3.63, 3.8) is 0 Å². The summed E-state index contributed by atoms with van der Waals surface area (Å²) in [4.78, 5) is 12.7. The lowest BCUT2D eigenvalue weighted by atomic mass is 9.96. The van der Waals surface area contributed by atoms with Crippen molar-refractivity contribution in [3.05, 3.63) is 109 Å². The minimum absolute atomic E-state index is 0.0105. The monoisotopic (exact) mass is 650 g/mol. The van der Waals surface area contributed by atoms with Crippen LogP contribution in [-0.2, 0) is 16.6 Å². The zero-order chi connectivity index (χ0) is 27.2. The zero-order valence-electron chi connectivity index (χ0n) is 19.2. The quantitative estimate of drug-likeness (QED) is 0.161. The fourth-order valence-electron chi connectivity index (χ4n) is 3.59. The van der Waals surface area contributed by atoms with E-state index in [9.17, 15) is 22.2 Å². The molecule has 3 rings (SSSR count). The smallest absolute Gasteiger partial charge is 0.294 e. The number of allylic oxidation sites excluding steroid dienone is 1. The summed E-state index contributed by atoms with van der Waals surface area (Å²) in [6.07, 6.45) is -1.60. The van der Waals surface area contributed by atoms with Crippen LogP contribution in [0.2, 0.25) is 15.1 Å². The molecule has 2 nitrogen and oxygen atoms in total. The third-order valence-corrected chi connectivity index (χ3v) is 8.69. The number of carbonyl (C=O) groups is 1. The summed E-state index contributed by atoms with van der Waals surface area (Å²) in [5.74, 6) is -1.27. The molecule has 10 heteroatoms. The van der Waals surface area contributed by atoms with E-state index in [4.69, 9.17) is 34.8 Å². The van der Waals surface area contributed by atoms with Crippen molar-refractivity contribution in [1.82, 2.24) is 0 Å². The Morgan fingerprint density at radius 3 is 2.24 bits per heavy atom. The minimum atomic E-state index is -4.59. The van der Waals surface area contributed by atoms with Gasteiger partial charge >= 0.3 is 6.18 Å². The molecule has 3 aromatic rings. The van der Waals surface area contributed by atoms with Crippen molar-refractivity contribution in [1.29, 1.82) is 0 Å². The molecular formula is C27H21BrCl3F3O2S. The number of Topliss-reactive ketones (excluding diaryl/α,β-unsaturated/α-hetero) is 1. The second-order valence-electron chi connectivity index (χ2n) is 8.22. The van der Waals surface area contributed by atoms with Crippen molar-refractivity contribution >= 4 is 73.4 Å². The Morgan fingerprint density at radius 1 is 1.00 bits per heavy atom. The summed E-state index contributed by atoms with van der Waals surface area (Å²) in [5.41, 5.74) is 1.72. The summed E-state index contributed by atoms with van der Waals surface area (Å²) in [7, 11) is -1.08. The molecule has 0 aliphatic heterocycles. The lowest BCUT2D eigenvalue weighted by molar-refractivity contribution is -0.139. The van der Waals surface area contributed by atoms with E-state index < -0.39 is 22.9 Å². The van der Waals surface area contributed by atoms with E-state index in [1.807, 2.05) is 30.3 Å². The summed E-state index contributed by atoms with van der Waals surface area (Å²) < 4.78 is 54.1. The van der Waals surface area contributed by atoms with Crippen LogP contribution in [0.5, 0.6) is 0 Å². The Morgan fingerprint density at radius 2 is 1.65 bits per heavy atom. The molecule has 0 aromatic heterocycles. The van der Waals surface area contributed by atoms with Gasteiger partial charge in [-0.05, 0) is 47.4 Å². The molecular weight excluding hydrogens is 632 g/mol. The number of rotatable bonds is 10. The van der Waals surface area contributed by atoms with Crippen LogP contribution in [0, 0.1) is 0 Å². The highest BCUT2D eigenvalue weighted by atomic mass is 79.9. The maximum Gasteiger partial charge on any atom is 0.399 e. The van der Waals surface area contributed by atoms with Gasteiger partial charge in [-0.25, -0.2) is 0 Å². The van der Waals surface area contributed by atoms with E-state index in [1.165, 1.54) is 6.08 Å². The lowest BCUT2D eigenvalue weighted by Gasteiger charge is -2.18. The first-order valence-electron chi connectivity index (χ1n) is 11.1. The van der Waals surface area contributed by atoms with E-state index in [0.717, 1.165) is 23.8 Å². The normalized spacial score (nSPS) is 13.6. The van der Waals surface area contributed by atoms with Crippen LogP contribution >= 0.6 is 50.7 Å². The molecule has 0 radical (unpaired) electrons. The van der Waals surface area contributed by atoms with Crippen LogP contribution in [0.4, 0.5) is 13.2 Å². The molecule has 0 bridgehead atoms. The predicted octanol–water partition coefficient (Wildman–Crippen LogP) is 9.68. The largest absolute Gasteiger partial charge is 0.399 e. The van der Waals surface area contributed by atoms with Crippen LogP contribution in [-0.4, -0.2) is 21.9 Å². The van der Waals surface area contributed by atoms with Crippen molar-refractivity contribution in [2.75, 3.05) is 5.75 Å². The number of halogens is 7. The number of hydrogen-bond acceptors (Lipinski definition) is 2. The average Bonchev–Trinajstić information content (AvgIpc) is 2.82. The number of alkyl halides is 3. The topological polar surface area (TPSA) is 34.1 Å². The van der Waals surface area contributed by atoms with Gasteiger partial charge in [-0.15, -0.1) is 0 Å². The molecule has 0 saturated heterocycles. The average molecular weight is 653 g/mol. The van der Waals surface area contributed by atoms with Crippen LogP contribution in [0.1, 0.15) is 45.8 Å². The van der Waals surface area contributed by atoms with E-state index in [-0.39, 0.29) is 32.8 Å². The number of benzene rings is 3. The van der Waals surface area contributed by atoms with Gasteiger partial charge in [0.1, 0.15) is 0 Å². The molecule has 0 heterocycles. The Labute approximate surface area is 239 Å². The highest BCUT2D eigenvalue weighted by Crippen LogP contribution is 2.41. The third kappa shape index (κ3) is 8.69. The molecule has 0 fully saturated rings. The van der Waals surface area contributed by atoms with E-state index in [2.05, 4.69) is 15.9 Å². The van der Waals surface area contributed by atoms with Gasteiger partial charge in [-0.3, -0.25) is 9.00 Å². The fraction of sp³-hybridized carbons (Fsp3) is 0.222. The van der Waals surface area contributed by atoms with Gasteiger partial charge in [0.05, 0.1) is 21.0 Å². The first-order chi connectivity index (χ1) is 17.5. The van der Waals surface area contributed by atoms with Gasteiger partial charge in [0.2, 0.25) is 0 Å². The van der Waals surface area contributed by atoms with Gasteiger partial charge < -0.3 is 0 Å². The minimum Gasteiger partial charge on any atom is -0.294 e. The molecule has 0 saturated carbocycles. The highest BCUT2D eigenvalue weighted by Gasteiger charge is 2.39. The summed E-state index contributed by atoms with van der Waals surface area (Å²) in [5, 5.41) is -0.147. The zero-order valence-corrected chi connectivity index (χ0v) is 23.9. The maximum absolute atomic E-state index is 13.8. The van der Waals surface area contributed by atoms with Crippen molar-refractivity contribution in [2.24, 2.45) is 0 Å². The molecule has 0 N–H and O–H groups in total. The second-order valence-corrected chi connectivity index (χ2v) is 11.8. The van der Waals surface area contributed by atoms with Crippen molar-refractivity contribution in [3.8, 4) is 0 Å². The predicted molar refractivity (Wildman–Crippen MR) is 150 cm³/mol. The Bertz CT molecular complexity index is 1290. The van der Waals surface area contributed by atoms with Gasteiger partial charge in [0.25, 0.3) is 0 Å². The molecule has 2 unspecified atom stereocenters. The maximum atomic E-state index is 13.8. The van der Waals surface area contributed by atoms with Crippen molar-refractivity contribution in [2.45, 2.75) is 30.7 Å². The molecule has 0 aliphatic carbocycles. The summed E-state index contributed by atoms with van der Waals surface area (Å²) in [6.45, 7) is 0. The van der Waals surface area contributed by atoms with E-state index in [1.54, 1.807) is 18.2 Å². The first-order valence-corrected chi connectivity index (χ1v) is 14.5. The standard InChI is InChI=1S/C27H21BrCl3F3O2S/c28-22-13-17(9-11-21(27(32,33)34)19-14-23(29)26(31)24(30)15-19)8-10-20(22)25(35)7-4-12-37(36)16-18-5-2-1-3-6-18/h1-3,5-6,8-11,13-15,21H,4,7,12,16H2/b11-9+. The molecule has 37 heavy (non-hydrogen) atoms. The lowest BCUT2D eigenvalue weighted by Crippen LogP contribution is -2.19. The van der Waals surface area contributed by atoms with Crippen molar-refractivity contribution < 1.29 is 22.2 Å². The molecule has 0 spiro atoms. The van der Waals surface area contributed by atoms with Gasteiger partial charge in [-0.2, -0.15) is 13.2 Å². The molecule has 0 aliphatic rings. The van der Waals surface area contributed by atoms with Gasteiger partial charge in [0.15, 0.2) is 5.78 Å². The van der Waals surface area contributed by atoms with Gasteiger partial charge in [0, 0.05) is 38.8 Å². The molecule has 2 atom stereocenters. The Balaban J connectivity index is 1.65. The number of carbonyl (C=O) groups excluding carboxylic acids is 1. The molecule has 0 amide bonds. The first kappa shape index (κ1) is 29.9. The van der Waals surface area contributed by atoms with Crippen LogP contribution in [0.3, 0.4) is 0 Å². The van der Waals surface area contributed by atoms with Crippen LogP contribution in [0.25, 0.3) is 6.08 Å². The summed E-state index contributed by atoms with van der Waals surface area (Å²) in [6, 6.07) is 16.5. The van der Waals surface area contributed by atoms with E-state index in [0.29, 0.717) is 33.5 Å².